The number of rotatable bonds is 2. The summed E-state index contributed by atoms with van der Waals surface area (Å²) in [5, 5.41) is 1.11. The average molecular weight is 181 g/mol. The first-order valence-electron chi connectivity index (χ1n) is 4.24. The summed E-state index contributed by atoms with van der Waals surface area (Å²) >= 11 is 1.70. The first kappa shape index (κ1) is 9.63. The summed E-state index contributed by atoms with van der Waals surface area (Å²) in [5.41, 5.74) is 4.37. The highest BCUT2D eigenvalue weighted by Gasteiger charge is 2.20. The second kappa shape index (κ2) is 4.54. The van der Waals surface area contributed by atoms with Crippen molar-refractivity contribution in [1.82, 2.24) is 0 Å². The second-order valence-corrected chi connectivity index (χ2v) is 4.02. The van der Waals surface area contributed by atoms with Gasteiger partial charge in [-0.1, -0.05) is 0 Å². The van der Waals surface area contributed by atoms with Gasteiger partial charge in [-0.05, 0) is 38.5 Å². The highest BCUT2D eigenvalue weighted by molar-refractivity contribution is 8.13. The summed E-state index contributed by atoms with van der Waals surface area (Å²) in [4.78, 5) is 4.53. The van der Waals surface area contributed by atoms with Crippen LogP contribution in [0.5, 0.6) is 0 Å². The van der Waals surface area contributed by atoms with Gasteiger partial charge in [-0.3, -0.25) is 4.99 Å². The first-order valence-corrected chi connectivity index (χ1v) is 5.46. The zero-order chi connectivity index (χ0) is 8.97. The number of aliphatic imine (C=N–C) groups is 1. The Morgan fingerprint density at radius 2 is 2.17 bits per heavy atom. The van der Waals surface area contributed by atoms with Crippen molar-refractivity contribution in [2.75, 3.05) is 6.26 Å². The molecule has 0 aromatic carbocycles. The summed E-state index contributed by atoms with van der Waals surface area (Å²) in [6, 6.07) is 0.614. The topological polar surface area (TPSA) is 12.4 Å². The Labute approximate surface area is 78.7 Å². The Morgan fingerprint density at radius 3 is 2.58 bits per heavy atom. The van der Waals surface area contributed by atoms with E-state index in [1.54, 1.807) is 11.8 Å². The van der Waals surface area contributed by atoms with Crippen LogP contribution in [-0.4, -0.2) is 17.3 Å². The van der Waals surface area contributed by atoms with Crippen LogP contribution in [0.3, 0.4) is 0 Å². The minimum Gasteiger partial charge on any atom is -0.274 e. The van der Waals surface area contributed by atoms with E-state index in [0.29, 0.717) is 6.04 Å². The van der Waals surface area contributed by atoms with E-state index in [1.807, 2.05) is 19.9 Å². The minimum atomic E-state index is 0.614. The Bertz CT molecular complexity index is 239. The lowest BCUT2D eigenvalue weighted by molar-refractivity contribution is 1.08. The van der Waals surface area contributed by atoms with E-state index in [0.717, 1.165) is 5.04 Å². The number of thioether (sulfide) groups is 1. The second-order valence-electron chi connectivity index (χ2n) is 3.19. The lowest BCUT2D eigenvalue weighted by atomic mass is 10.4. The fourth-order valence-corrected chi connectivity index (χ4v) is 1.17. The molecule has 0 aromatic rings. The van der Waals surface area contributed by atoms with Gasteiger partial charge in [0.05, 0.1) is 11.1 Å². The molecule has 0 atom stereocenters. The summed E-state index contributed by atoms with van der Waals surface area (Å²) in [7, 11) is 0. The van der Waals surface area contributed by atoms with Gasteiger partial charge < -0.3 is 0 Å². The lowest BCUT2D eigenvalue weighted by Gasteiger charge is -1.92. The molecule has 1 rings (SSSR count). The fourth-order valence-electron chi connectivity index (χ4n) is 0.739. The third-order valence-corrected chi connectivity index (χ3v) is 2.19. The lowest BCUT2D eigenvalue weighted by Crippen LogP contribution is -1.87. The van der Waals surface area contributed by atoms with Crippen LogP contribution >= 0.6 is 11.8 Å². The smallest absolute Gasteiger partial charge is 0.0982 e. The zero-order valence-corrected chi connectivity index (χ0v) is 8.74. The van der Waals surface area contributed by atoms with Crippen molar-refractivity contribution in [1.29, 1.82) is 0 Å². The molecule has 1 nitrogen and oxygen atoms in total. The molecule has 1 saturated carbocycles. The predicted octanol–water partition coefficient (Wildman–Crippen LogP) is 3.03. The molecule has 0 radical (unpaired) electrons. The van der Waals surface area contributed by atoms with Crippen LogP contribution in [0.4, 0.5) is 0 Å². The van der Waals surface area contributed by atoms with Crippen LogP contribution in [-0.2, 0) is 0 Å². The maximum Gasteiger partial charge on any atom is 0.0982 e. The third kappa shape index (κ3) is 3.80. The Morgan fingerprint density at radius 1 is 1.50 bits per heavy atom. The molecule has 0 unspecified atom stereocenters. The van der Waals surface area contributed by atoms with Crippen molar-refractivity contribution >= 4 is 16.8 Å². The zero-order valence-electron chi connectivity index (χ0n) is 7.92. The number of hydrogen-bond acceptors (Lipinski definition) is 2. The predicted molar refractivity (Wildman–Crippen MR) is 56.9 cm³/mol. The van der Waals surface area contributed by atoms with E-state index in [4.69, 9.17) is 0 Å². The normalized spacial score (nSPS) is 17.1. The number of hydrogen-bond donors (Lipinski definition) is 0. The van der Waals surface area contributed by atoms with Crippen molar-refractivity contribution in [3.8, 4) is 0 Å². The van der Waals surface area contributed by atoms with E-state index >= 15 is 0 Å². The molecule has 0 N–H and O–H groups in total. The molecule has 0 bridgehead atoms. The molecule has 66 valence electrons. The summed E-state index contributed by atoms with van der Waals surface area (Å²) in [6.45, 7) is 4.09. The fraction of sp³-hybridized carbons (Fsp3) is 0.600. The van der Waals surface area contributed by atoms with Gasteiger partial charge >= 0.3 is 0 Å². The molecule has 0 saturated heterocycles. The van der Waals surface area contributed by atoms with E-state index < -0.39 is 0 Å². The standard InChI is InChI=1S/C10H15NS/c1-8(2)4-7-10(12-3)11-9-5-6-9/h7,9H,5-6H2,1-3H3. The van der Waals surface area contributed by atoms with E-state index in [9.17, 15) is 0 Å². The van der Waals surface area contributed by atoms with Gasteiger partial charge in [-0.15, -0.1) is 17.5 Å². The Balaban J connectivity index is 2.61. The van der Waals surface area contributed by atoms with E-state index in [2.05, 4.69) is 17.0 Å². The summed E-state index contributed by atoms with van der Waals surface area (Å²) < 4.78 is 0. The summed E-state index contributed by atoms with van der Waals surface area (Å²) in [5.74, 6) is 0. The third-order valence-electron chi connectivity index (χ3n) is 1.55. The highest BCUT2D eigenvalue weighted by atomic mass is 32.2. The largest absolute Gasteiger partial charge is 0.274 e. The molecule has 0 amide bonds. The van der Waals surface area contributed by atoms with Crippen molar-refractivity contribution < 1.29 is 0 Å². The molecular weight excluding hydrogens is 166 g/mol. The minimum absolute atomic E-state index is 0.614. The van der Waals surface area contributed by atoms with Crippen molar-refractivity contribution in [3.05, 3.63) is 17.4 Å². The van der Waals surface area contributed by atoms with Crippen molar-refractivity contribution in [3.63, 3.8) is 0 Å². The highest BCUT2D eigenvalue weighted by Crippen LogP contribution is 2.24. The maximum absolute atomic E-state index is 4.53. The van der Waals surface area contributed by atoms with Crippen molar-refractivity contribution in [2.45, 2.75) is 32.7 Å². The molecule has 0 aliphatic heterocycles. The van der Waals surface area contributed by atoms with Gasteiger partial charge in [0.2, 0.25) is 0 Å². The maximum atomic E-state index is 4.53. The molecule has 12 heavy (non-hydrogen) atoms. The Kier molecular flexibility index (Phi) is 3.64. The van der Waals surface area contributed by atoms with Crippen molar-refractivity contribution in [2.24, 2.45) is 4.99 Å². The van der Waals surface area contributed by atoms with Gasteiger partial charge in [-0.2, -0.15) is 0 Å². The van der Waals surface area contributed by atoms with Gasteiger partial charge in [-0.25, -0.2) is 0 Å². The molecule has 0 heterocycles. The molecule has 1 aliphatic carbocycles. The molecule has 2 heteroatoms. The molecular formula is C10H15NS. The van der Waals surface area contributed by atoms with Crippen LogP contribution in [0.2, 0.25) is 0 Å². The van der Waals surface area contributed by atoms with Gasteiger partial charge in [0, 0.05) is 6.08 Å². The van der Waals surface area contributed by atoms with Gasteiger partial charge in [0.1, 0.15) is 0 Å². The SMILES string of the molecule is CSC(C=C=C(C)C)=NC1CC1. The molecule has 1 fully saturated rings. The quantitative estimate of drug-likeness (QED) is 0.362. The van der Waals surface area contributed by atoms with Gasteiger partial charge in [0.15, 0.2) is 0 Å². The molecule has 0 spiro atoms. The van der Waals surface area contributed by atoms with E-state index in [-0.39, 0.29) is 0 Å². The average Bonchev–Trinajstić information content (AvgIpc) is 2.81. The first-order chi connectivity index (χ1) is 5.72. The van der Waals surface area contributed by atoms with E-state index in [1.165, 1.54) is 18.4 Å². The van der Waals surface area contributed by atoms with Crippen LogP contribution < -0.4 is 0 Å². The molecule has 1 aliphatic rings. The summed E-state index contributed by atoms with van der Waals surface area (Å²) in [6.07, 6.45) is 6.59. The Hall–Kier alpha value is -0.460. The number of nitrogens with zero attached hydrogens (tertiary/aromatic N) is 1. The van der Waals surface area contributed by atoms with Crippen LogP contribution in [0.1, 0.15) is 26.7 Å². The van der Waals surface area contributed by atoms with Gasteiger partial charge in [0.25, 0.3) is 0 Å². The van der Waals surface area contributed by atoms with Crippen LogP contribution in [0, 0.1) is 0 Å². The monoisotopic (exact) mass is 181 g/mol. The van der Waals surface area contributed by atoms with Crippen LogP contribution in [0.25, 0.3) is 0 Å². The van der Waals surface area contributed by atoms with Crippen LogP contribution in [0.15, 0.2) is 22.4 Å². The molecule has 0 aromatic heterocycles.